The Kier molecular flexibility index (Phi) is 11.2. The van der Waals surface area contributed by atoms with Crippen LogP contribution in [0.2, 0.25) is 0 Å². The molecule has 4 aromatic rings. The molecule has 2 heterocycles. The van der Waals surface area contributed by atoms with Crippen LogP contribution in [-0.4, -0.2) is 55.7 Å². The van der Waals surface area contributed by atoms with Gasteiger partial charge >= 0.3 is 0 Å². The van der Waals surface area contributed by atoms with Crippen molar-refractivity contribution in [1.82, 2.24) is 9.62 Å². The Morgan fingerprint density at radius 2 is 1.64 bits per heavy atom. The molecule has 1 saturated heterocycles. The van der Waals surface area contributed by atoms with Crippen LogP contribution in [0.15, 0.2) is 95.2 Å². The first-order valence-electron chi connectivity index (χ1n) is 13.9. The number of piperidine rings is 1. The molecule has 3 aromatic carbocycles. The number of nitro groups is 1. The smallest absolute Gasteiger partial charge is 0.292 e. The molecule has 236 valence electrons. The highest BCUT2D eigenvalue weighted by molar-refractivity contribution is 7.91. The van der Waals surface area contributed by atoms with Crippen molar-refractivity contribution in [3.8, 4) is 5.75 Å². The largest absolute Gasteiger partial charge is 0.497 e. The summed E-state index contributed by atoms with van der Waals surface area (Å²) in [5.41, 5.74) is 6.41. The van der Waals surface area contributed by atoms with E-state index in [0.717, 1.165) is 16.2 Å². The predicted molar refractivity (Wildman–Crippen MR) is 172 cm³/mol. The summed E-state index contributed by atoms with van der Waals surface area (Å²) in [6.07, 6.45) is 1.06. The van der Waals surface area contributed by atoms with E-state index in [9.17, 15) is 28.1 Å². The van der Waals surface area contributed by atoms with E-state index in [1.807, 2.05) is 6.07 Å². The first-order chi connectivity index (χ1) is 21.6. The van der Waals surface area contributed by atoms with E-state index >= 15 is 0 Å². The Labute approximate surface area is 265 Å². The number of methoxy groups -OCH3 is 1. The first kappa shape index (κ1) is 33.1. The lowest BCUT2D eigenvalue weighted by Gasteiger charge is -2.31. The Bertz CT molecular complexity index is 1740. The number of benzene rings is 3. The van der Waals surface area contributed by atoms with E-state index in [4.69, 9.17) is 10.5 Å². The summed E-state index contributed by atoms with van der Waals surface area (Å²) in [6.45, 7) is 0.818. The second-order valence-electron chi connectivity index (χ2n) is 9.96. The molecule has 2 amide bonds. The number of nitrogens with two attached hydrogens (primary N) is 1. The second-order valence-corrected chi connectivity index (χ2v) is 13.3. The Balaban J connectivity index is 0.000000440. The number of carbonyl (C=O) groups excluding carboxylic acids is 2. The lowest BCUT2D eigenvalue weighted by atomic mass is 10.1. The van der Waals surface area contributed by atoms with E-state index in [2.05, 4.69) is 10.6 Å². The third kappa shape index (κ3) is 8.88. The van der Waals surface area contributed by atoms with Crippen molar-refractivity contribution in [3.63, 3.8) is 0 Å². The van der Waals surface area contributed by atoms with Gasteiger partial charge in [-0.25, -0.2) is 8.42 Å². The summed E-state index contributed by atoms with van der Waals surface area (Å²) in [5, 5.41) is 17.2. The molecule has 45 heavy (non-hydrogen) atoms. The Morgan fingerprint density at radius 3 is 2.29 bits per heavy atom. The molecule has 0 radical (unpaired) electrons. The van der Waals surface area contributed by atoms with Gasteiger partial charge in [-0.1, -0.05) is 36.4 Å². The molecule has 4 N–H and O–H groups in total. The number of anilines is 1. The van der Waals surface area contributed by atoms with Crippen LogP contribution < -0.4 is 21.1 Å². The first-order valence-corrected chi connectivity index (χ1v) is 16.2. The predicted octanol–water partition coefficient (Wildman–Crippen LogP) is 4.65. The molecule has 1 aliphatic heterocycles. The standard InChI is InChI=1S/C24H26N4O6S2.C7H7NO/c1-34-19-6-4-5-17(15-19)24(29)25-16-20-9-10-23(35-20)36(32,33)27-13-11-18(12-14-27)26-21-7-2-3-8-22(21)28(30)31;8-7(9)6-4-2-1-3-5-6/h2-10,15,18,26H,11-14,16H2,1H3,(H,25,29);1-5H,(H2,8,9). The second kappa shape index (κ2) is 15.3. The van der Waals surface area contributed by atoms with Gasteiger partial charge in [0.15, 0.2) is 0 Å². The quantitative estimate of drug-likeness (QED) is 0.164. The normalized spacial score (nSPS) is 13.6. The van der Waals surface area contributed by atoms with Gasteiger partial charge in [-0.15, -0.1) is 11.3 Å². The number of carbonyl (C=O) groups is 2. The van der Waals surface area contributed by atoms with Crippen molar-refractivity contribution in [2.75, 3.05) is 25.5 Å². The number of sulfonamides is 1. The number of nitro benzene ring substituents is 1. The van der Waals surface area contributed by atoms with Crippen LogP contribution in [-0.2, 0) is 16.6 Å². The maximum atomic E-state index is 13.2. The van der Waals surface area contributed by atoms with Crippen LogP contribution in [0.4, 0.5) is 11.4 Å². The highest BCUT2D eigenvalue weighted by atomic mass is 32.2. The summed E-state index contributed by atoms with van der Waals surface area (Å²) in [7, 11) is -2.15. The van der Waals surface area contributed by atoms with Crippen molar-refractivity contribution < 1.29 is 27.7 Å². The molecule has 1 fully saturated rings. The number of primary amides is 1. The van der Waals surface area contributed by atoms with E-state index in [0.29, 0.717) is 48.5 Å². The van der Waals surface area contributed by atoms with Gasteiger partial charge in [0.2, 0.25) is 5.91 Å². The molecule has 0 aliphatic carbocycles. The highest BCUT2D eigenvalue weighted by Gasteiger charge is 2.31. The van der Waals surface area contributed by atoms with Crippen LogP contribution >= 0.6 is 11.3 Å². The van der Waals surface area contributed by atoms with Crippen LogP contribution in [0.5, 0.6) is 5.75 Å². The third-order valence-electron chi connectivity index (χ3n) is 6.96. The van der Waals surface area contributed by atoms with Crippen LogP contribution in [0.3, 0.4) is 0 Å². The van der Waals surface area contributed by atoms with Crippen LogP contribution in [0.1, 0.15) is 38.4 Å². The summed E-state index contributed by atoms with van der Waals surface area (Å²) in [5.74, 6) is -0.0800. The average molecular weight is 652 g/mol. The molecule has 12 nitrogen and oxygen atoms in total. The molecule has 0 bridgehead atoms. The molecule has 0 atom stereocenters. The molecule has 0 unspecified atom stereocenters. The number of amides is 2. The lowest BCUT2D eigenvalue weighted by Crippen LogP contribution is -2.42. The minimum atomic E-state index is -3.67. The fourth-order valence-corrected chi connectivity index (χ4v) is 7.49. The zero-order valence-electron chi connectivity index (χ0n) is 24.4. The van der Waals surface area contributed by atoms with Gasteiger partial charge in [-0.2, -0.15) is 4.31 Å². The molecule has 14 heteroatoms. The SMILES string of the molecule is COc1cccc(C(=O)NCc2ccc(S(=O)(=O)N3CCC(Nc4ccccc4[N+](=O)[O-])CC3)s2)c1.NC(=O)c1ccccc1. The van der Waals surface area contributed by atoms with Crippen LogP contribution in [0, 0.1) is 10.1 Å². The summed E-state index contributed by atoms with van der Waals surface area (Å²) in [6, 6.07) is 25.2. The number of thiophene rings is 1. The van der Waals surface area contributed by atoms with E-state index < -0.39 is 14.9 Å². The Morgan fingerprint density at radius 1 is 0.978 bits per heavy atom. The van der Waals surface area contributed by atoms with Gasteiger partial charge in [-0.05, 0) is 61.4 Å². The van der Waals surface area contributed by atoms with E-state index in [1.54, 1.807) is 78.9 Å². The molecule has 5 rings (SSSR count). The number of ether oxygens (including phenoxy) is 1. The fraction of sp³-hybridized carbons (Fsp3) is 0.226. The van der Waals surface area contributed by atoms with Gasteiger partial charge in [-0.3, -0.25) is 19.7 Å². The van der Waals surface area contributed by atoms with Gasteiger partial charge < -0.3 is 21.1 Å². The highest BCUT2D eigenvalue weighted by Crippen LogP contribution is 2.30. The van der Waals surface area contributed by atoms with Gasteiger partial charge in [0.05, 0.1) is 18.6 Å². The molecule has 1 aliphatic rings. The number of hydrogen-bond acceptors (Lipinski definition) is 9. The molecular weight excluding hydrogens is 619 g/mol. The van der Waals surface area contributed by atoms with Crippen molar-refractivity contribution in [3.05, 3.63) is 117 Å². The van der Waals surface area contributed by atoms with Gasteiger partial charge in [0.1, 0.15) is 15.6 Å². The third-order valence-corrected chi connectivity index (χ3v) is 10.4. The molecule has 0 spiro atoms. The number of para-hydroxylation sites is 2. The van der Waals surface area contributed by atoms with Crippen molar-refractivity contribution in [2.45, 2.75) is 29.6 Å². The summed E-state index contributed by atoms with van der Waals surface area (Å²) in [4.78, 5) is 34.4. The minimum absolute atomic E-state index is 0.00263. The molecular formula is C31H33N5O7S2. The van der Waals surface area contributed by atoms with Crippen molar-refractivity contribution in [2.24, 2.45) is 5.73 Å². The maximum Gasteiger partial charge on any atom is 0.292 e. The lowest BCUT2D eigenvalue weighted by molar-refractivity contribution is -0.384. The van der Waals surface area contributed by atoms with Crippen molar-refractivity contribution in [1.29, 1.82) is 0 Å². The van der Waals surface area contributed by atoms with Crippen LogP contribution in [0.25, 0.3) is 0 Å². The average Bonchev–Trinajstić information content (AvgIpc) is 3.55. The maximum absolute atomic E-state index is 13.2. The number of nitrogens with zero attached hydrogens (tertiary/aromatic N) is 2. The van der Waals surface area contributed by atoms with Gasteiger partial charge in [0, 0.05) is 41.2 Å². The molecule has 1 aromatic heterocycles. The number of nitrogens with one attached hydrogen (secondary N) is 2. The minimum Gasteiger partial charge on any atom is -0.497 e. The van der Waals surface area contributed by atoms with E-state index in [-0.39, 0.29) is 34.3 Å². The fourth-order valence-electron chi connectivity index (χ4n) is 4.57. The topological polar surface area (TPSA) is 174 Å². The number of rotatable bonds is 10. The molecule has 0 saturated carbocycles. The van der Waals surface area contributed by atoms with Crippen molar-refractivity contribution >= 4 is 44.5 Å². The van der Waals surface area contributed by atoms with Gasteiger partial charge in [0.25, 0.3) is 21.6 Å². The summed E-state index contributed by atoms with van der Waals surface area (Å²) >= 11 is 1.13. The number of hydrogen-bond donors (Lipinski definition) is 3. The van der Waals surface area contributed by atoms with E-state index in [1.165, 1.54) is 17.5 Å². The zero-order valence-corrected chi connectivity index (χ0v) is 26.1. The zero-order chi connectivity index (χ0) is 32.4. The Hall–Kier alpha value is -4.79. The monoisotopic (exact) mass is 651 g/mol. The summed E-state index contributed by atoms with van der Waals surface area (Å²) < 4.78 is 33.1.